The zero-order valence-corrected chi connectivity index (χ0v) is 18.1. The first-order valence-electron chi connectivity index (χ1n) is 10.6. The fourth-order valence-corrected chi connectivity index (χ4v) is 3.72. The molecular weight excluding hydrogens is 423 g/mol. The Balaban J connectivity index is 1.45. The second-order valence-electron chi connectivity index (χ2n) is 7.99. The molecule has 33 heavy (non-hydrogen) atoms. The van der Waals surface area contributed by atoms with E-state index in [2.05, 4.69) is 20.2 Å². The minimum absolute atomic E-state index is 0.0490. The Morgan fingerprint density at radius 2 is 1.85 bits per heavy atom. The standard InChI is InChI=1S/C24H21FN6O2/c1-15(2)33-21-12-18(25)5-8-20(21)23-26-13-17-11-22(32)30(24(17)29-23)14-16-3-6-19(7-4-16)31-27-9-10-28-31/h3-10,12-13,15H,11,14H2,1-2H3. The van der Waals surface area contributed by atoms with Crippen LogP contribution in [0.1, 0.15) is 25.0 Å². The molecule has 1 amide bonds. The summed E-state index contributed by atoms with van der Waals surface area (Å²) in [4.78, 5) is 25.0. The van der Waals surface area contributed by atoms with Gasteiger partial charge in [-0.05, 0) is 43.7 Å². The summed E-state index contributed by atoms with van der Waals surface area (Å²) in [6, 6.07) is 11.9. The molecule has 0 bridgehead atoms. The van der Waals surface area contributed by atoms with E-state index < -0.39 is 5.82 Å². The summed E-state index contributed by atoms with van der Waals surface area (Å²) in [5.41, 5.74) is 3.10. The van der Waals surface area contributed by atoms with Crippen molar-refractivity contribution >= 4 is 11.7 Å². The van der Waals surface area contributed by atoms with Crippen LogP contribution in [0.2, 0.25) is 0 Å². The van der Waals surface area contributed by atoms with Crippen molar-refractivity contribution in [2.45, 2.75) is 32.9 Å². The van der Waals surface area contributed by atoms with Crippen LogP contribution in [0, 0.1) is 5.82 Å². The Morgan fingerprint density at radius 1 is 1.09 bits per heavy atom. The van der Waals surface area contributed by atoms with Crippen molar-refractivity contribution in [3.63, 3.8) is 0 Å². The summed E-state index contributed by atoms with van der Waals surface area (Å²) in [6.07, 6.45) is 4.99. The van der Waals surface area contributed by atoms with Crippen molar-refractivity contribution in [1.82, 2.24) is 25.0 Å². The highest BCUT2D eigenvalue weighted by Crippen LogP contribution is 2.34. The summed E-state index contributed by atoms with van der Waals surface area (Å²) < 4.78 is 19.6. The number of aromatic nitrogens is 5. The Labute approximate surface area is 189 Å². The van der Waals surface area contributed by atoms with Crippen molar-refractivity contribution in [2.75, 3.05) is 4.90 Å². The van der Waals surface area contributed by atoms with E-state index in [1.54, 1.807) is 29.6 Å². The van der Waals surface area contributed by atoms with Crippen LogP contribution in [0.15, 0.2) is 61.1 Å². The topological polar surface area (TPSA) is 86.0 Å². The number of ether oxygens (including phenoxy) is 1. The van der Waals surface area contributed by atoms with Gasteiger partial charge in [0.15, 0.2) is 5.82 Å². The number of carbonyl (C=O) groups excluding carboxylic acids is 1. The summed E-state index contributed by atoms with van der Waals surface area (Å²) in [5, 5.41) is 8.24. The molecule has 0 aliphatic carbocycles. The summed E-state index contributed by atoms with van der Waals surface area (Å²) in [7, 11) is 0. The Morgan fingerprint density at radius 3 is 2.58 bits per heavy atom. The van der Waals surface area contributed by atoms with E-state index in [1.807, 2.05) is 38.1 Å². The van der Waals surface area contributed by atoms with Crippen molar-refractivity contribution < 1.29 is 13.9 Å². The van der Waals surface area contributed by atoms with E-state index in [9.17, 15) is 9.18 Å². The molecule has 0 saturated heterocycles. The number of halogens is 1. The van der Waals surface area contributed by atoms with Gasteiger partial charge in [-0.15, -0.1) is 0 Å². The maximum atomic E-state index is 13.8. The molecular formula is C24H21FN6O2. The molecule has 4 aromatic rings. The summed E-state index contributed by atoms with van der Waals surface area (Å²) >= 11 is 0. The monoisotopic (exact) mass is 444 g/mol. The molecule has 2 aromatic heterocycles. The number of anilines is 1. The van der Waals surface area contributed by atoms with Crippen LogP contribution in [0.4, 0.5) is 10.2 Å². The molecule has 8 nitrogen and oxygen atoms in total. The number of amides is 1. The van der Waals surface area contributed by atoms with Gasteiger partial charge in [0.1, 0.15) is 17.4 Å². The second-order valence-corrected chi connectivity index (χ2v) is 7.99. The lowest BCUT2D eigenvalue weighted by molar-refractivity contribution is -0.117. The predicted octanol–water partition coefficient (Wildman–Crippen LogP) is 3.74. The summed E-state index contributed by atoms with van der Waals surface area (Å²) in [6.45, 7) is 4.10. The first-order valence-corrected chi connectivity index (χ1v) is 10.6. The fourth-order valence-electron chi connectivity index (χ4n) is 3.72. The van der Waals surface area contributed by atoms with Crippen LogP contribution in [0.25, 0.3) is 17.1 Å². The van der Waals surface area contributed by atoms with E-state index in [-0.39, 0.29) is 18.4 Å². The highest BCUT2D eigenvalue weighted by Gasteiger charge is 2.30. The number of carbonyl (C=O) groups is 1. The largest absolute Gasteiger partial charge is 0.490 e. The van der Waals surface area contributed by atoms with Crippen molar-refractivity contribution in [3.05, 3.63) is 78.0 Å². The van der Waals surface area contributed by atoms with Gasteiger partial charge >= 0.3 is 0 Å². The van der Waals surface area contributed by atoms with E-state index in [4.69, 9.17) is 4.74 Å². The minimum atomic E-state index is -0.402. The van der Waals surface area contributed by atoms with Crippen LogP contribution in [-0.2, 0) is 17.8 Å². The first kappa shape index (κ1) is 20.7. The molecule has 166 valence electrons. The zero-order chi connectivity index (χ0) is 22.9. The molecule has 0 unspecified atom stereocenters. The van der Waals surface area contributed by atoms with Gasteiger partial charge < -0.3 is 4.74 Å². The molecule has 1 aliphatic heterocycles. The Hall–Kier alpha value is -4.14. The highest BCUT2D eigenvalue weighted by atomic mass is 19.1. The van der Waals surface area contributed by atoms with E-state index in [1.165, 1.54) is 16.9 Å². The zero-order valence-electron chi connectivity index (χ0n) is 18.1. The average molecular weight is 444 g/mol. The predicted molar refractivity (Wildman–Crippen MR) is 119 cm³/mol. The van der Waals surface area contributed by atoms with Crippen LogP contribution in [0.3, 0.4) is 0 Å². The van der Waals surface area contributed by atoms with Crippen molar-refractivity contribution in [3.8, 4) is 22.8 Å². The van der Waals surface area contributed by atoms with Gasteiger partial charge in [-0.3, -0.25) is 9.69 Å². The van der Waals surface area contributed by atoms with Crippen LogP contribution in [0.5, 0.6) is 5.75 Å². The van der Waals surface area contributed by atoms with Gasteiger partial charge in [0.05, 0.1) is 42.7 Å². The lowest BCUT2D eigenvalue weighted by Crippen LogP contribution is -2.26. The number of rotatable bonds is 6. The molecule has 0 saturated carbocycles. The van der Waals surface area contributed by atoms with Gasteiger partial charge in [-0.25, -0.2) is 14.4 Å². The van der Waals surface area contributed by atoms with Crippen molar-refractivity contribution in [1.29, 1.82) is 0 Å². The minimum Gasteiger partial charge on any atom is -0.490 e. The molecule has 1 aliphatic rings. The third kappa shape index (κ3) is 4.17. The van der Waals surface area contributed by atoms with Crippen LogP contribution < -0.4 is 9.64 Å². The lowest BCUT2D eigenvalue weighted by Gasteiger charge is -2.18. The Bertz CT molecular complexity index is 1310. The summed E-state index contributed by atoms with van der Waals surface area (Å²) in [5.74, 6) is 0.851. The molecule has 9 heteroatoms. The molecule has 0 radical (unpaired) electrons. The number of fused-ring (bicyclic) bond motifs is 1. The fraction of sp³-hybridized carbons (Fsp3) is 0.208. The van der Waals surface area contributed by atoms with Gasteiger partial charge in [-0.1, -0.05) is 12.1 Å². The third-order valence-corrected chi connectivity index (χ3v) is 5.21. The van der Waals surface area contributed by atoms with Gasteiger partial charge in [0.2, 0.25) is 5.91 Å². The highest BCUT2D eigenvalue weighted by molar-refractivity contribution is 6.00. The van der Waals surface area contributed by atoms with Crippen LogP contribution >= 0.6 is 0 Å². The molecule has 3 heterocycles. The molecule has 0 N–H and O–H groups in total. The molecule has 5 rings (SSSR count). The number of hydrogen-bond acceptors (Lipinski definition) is 6. The van der Waals surface area contributed by atoms with E-state index >= 15 is 0 Å². The van der Waals surface area contributed by atoms with Crippen LogP contribution in [-0.4, -0.2) is 37.0 Å². The quantitative estimate of drug-likeness (QED) is 0.450. The molecule has 0 fully saturated rings. The first-order chi connectivity index (χ1) is 16.0. The van der Waals surface area contributed by atoms with Crippen molar-refractivity contribution in [2.24, 2.45) is 0 Å². The number of hydrogen-bond donors (Lipinski definition) is 0. The Kier molecular flexibility index (Phi) is 5.29. The molecule has 0 spiro atoms. The SMILES string of the molecule is CC(C)Oc1cc(F)ccc1-c1ncc2c(n1)N(Cc1ccc(-n3nccn3)cc1)C(=O)C2. The van der Waals surface area contributed by atoms with Gasteiger partial charge in [-0.2, -0.15) is 15.0 Å². The van der Waals surface area contributed by atoms with E-state index in [0.717, 1.165) is 16.8 Å². The van der Waals surface area contributed by atoms with Gasteiger partial charge in [0.25, 0.3) is 0 Å². The lowest BCUT2D eigenvalue weighted by atomic mass is 10.1. The number of nitrogens with zero attached hydrogens (tertiary/aromatic N) is 6. The average Bonchev–Trinajstić information content (AvgIpc) is 3.43. The molecule has 2 aromatic carbocycles. The maximum Gasteiger partial charge on any atom is 0.233 e. The molecule has 0 atom stereocenters. The maximum absolute atomic E-state index is 13.8. The van der Waals surface area contributed by atoms with Gasteiger partial charge in [0, 0.05) is 17.8 Å². The number of benzene rings is 2. The third-order valence-electron chi connectivity index (χ3n) is 5.21. The van der Waals surface area contributed by atoms with E-state index in [0.29, 0.717) is 29.5 Å². The second kappa shape index (κ2) is 8.42. The smallest absolute Gasteiger partial charge is 0.233 e. The normalized spacial score (nSPS) is 13.0.